The zero-order valence-corrected chi connectivity index (χ0v) is 13.8. The second kappa shape index (κ2) is 6.54. The molecule has 0 aromatic heterocycles. The van der Waals surface area contributed by atoms with Gasteiger partial charge in [-0.3, -0.25) is 0 Å². The number of rotatable bonds is 3. The molecule has 24 heavy (non-hydrogen) atoms. The van der Waals surface area contributed by atoms with Gasteiger partial charge in [0.1, 0.15) is 0 Å². The Morgan fingerprint density at radius 2 is 1.50 bits per heavy atom. The molecule has 0 bridgehead atoms. The van der Waals surface area contributed by atoms with E-state index < -0.39 is 0 Å². The Kier molecular flexibility index (Phi) is 4.29. The average molecular weight is 316 g/mol. The predicted molar refractivity (Wildman–Crippen MR) is 101 cm³/mol. The average Bonchev–Trinajstić information content (AvgIpc) is 2.56. The van der Waals surface area contributed by atoms with Gasteiger partial charge in [-0.25, -0.2) is 0 Å². The second-order valence-corrected chi connectivity index (χ2v) is 5.84. The van der Waals surface area contributed by atoms with E-state index in [0.717, 1.165) is 33.6 Å². The summed E-state index contributed by atoms with van der Waals surface area (Å²) in [4.78, 5) is 0. The van der Waals surface area contributed by atoms with E-state index in [1.807, 2.05) is 62.4 Å². The van der Waals surface area contributed by atoms with Gasteiger partial charge in [0.15, 0.2) is 0 Å². The molecule has 0 fully saturated rings. The molecule has 0 unspecified atom stereocenters. The Bertz CT molecular complexity index is 899. The lowest BCUT2D eigenvalue weighted by Gasteiger charge is -2.13. The molecule has 0 radical (unpaired) electrons. The Hall–Kier alpha value is -3.14. The summed E-state index contributed by atoms with van der Waals surface area (Å²) in [6.45, 7) is 4.07. The van der Waals surface area contributed by atoms with E-state index >= 15 is 0 Å². The van der Waals surface area contributed by atoms with E-state index in [2.05, 4.69) is 16.3 Å². The molecule has 3 aromatic rings. The lowest BCUT2D eigenvalue weighted by atomic mass is 9.95. The van der Waals surface area contributed by atoms with Crippen LogP contribution in [-0.4, -0.2) is 0 Å². The van der Waals surface area contributed by atoms with Gasteiger partial charge in [-0.1, -0.05) is 30.3 Å². The second-order valence-electron chi connectivity index (χ2n) is 5.84. The van der Waals surface area contributed by atoms with Gasteiger partial charge in [0.2, 0.25) is 0 Å². The van der Waals surface area contributed by atoms with Crippen molar-refractivity contribution in [1.82, 2.24) is 0 Å². The standard InChI is InChI=1S/C20H20N4/c1-13-10-18(17-9-8-15(21)12-19(17)22)14(2)20(11-13)24-23-16-6-4-3-5-7-16/h3-12H,21-22H2,1-2H3. The van der Waals surface area contributed by atoms with Gasteiger partial charge < -0.3 is 11.5 Å². The van der Waals surface area contributed by atoms with Gasteiger partial charge in [-0.2, -0.15) is 10.2 Å². The number of nitrogens with zero attached hydrogens (tertiary/aromatic N) is 2. The number of nitrogen functional groups attached to an aromatic ring is 2. The third-order valence-electron chi connectivity index (χ3n) is 3.92. The lowest BCUT2D eigenvalue weighted by molar-refractivity contribution is 1.20. The largest absolute Gasteiger partial charge is 0.399 e. The van der Waals surface area contributed by atoms with Crippen molar-refractivity contribution in [3.05, 3.63) is 71.8 Å². The van der Waals surface area contributed by atoms with Crippen molar-refractivity contribution in [3.8, 4) is 11.1 Å². The van der Waals surface area contributed by atoms with E-state index in [-0.39, 0.29) is 0 Å². The van der Waals surface area contributed by atoms with E-state index in [4.69, 9.17) is 11.5 Å². The Balaban J connectivity index is 2.06. The highest BCUT2D eigenvalue weighted by molar-refractivity contribution is 5.83. The molecule has 0 amide bonds. The minimum Gasteiger partial charge on any atom is -0.399 e. The first kappa shape index (κ1) is 15.7. The molecule has 120 valence electrons. The smallest absolute Gasteiger partial charge is 0.0895 e. The molecule has 0 aliphatic carbocycles. The number of nitrogens with two attached hydrogens (primary N) is 2. The first-order valence-electron chi connectivity index (χ1n) is 7.78. The number of benzene rings is 3. The fourth-order valence-electron chi connectivity index (χ4n) is 2.66. The summed E-state index contributed by atoms with van der Waals surface area (Å²) in [7, 11) is 0. The van der Waals surface area contributed by atoms with Crippen molar-refractivity contribution in [2.45, 2.75) is 13.8 Å². The molecule has 0 aliphatic rings. The first-order valence-corrected chi connectivity index (χ1v) is 7.78. The van der Waals surface area contributed by atoms with Gasteiger partial charge in [-0.15, -0.1) is 0 Å². The van der Waals surface area contributed by atoms with Crippen LogP contribution in [0.2, 0.25) is 0 Å². The summed E-state index contributed by atoms with van der Waals surface area (Å²) in [5.41, 5.74) is 19.1. The molecule has 3 rings (SSSR count). The fourth-order valence-corrected chi connectivity index (χ4v) is 2.66. The maximum absolute atomic E-state index is 6.15. The Morgan fingerprint density at radius 3 is 2.21 bits per heavy atom. The first-order chi connectivity index (χ1) is 11.5. The monoisotopic (exact) mass is 316 g/mol. The minimum absolute atomic E-state index is 0.658. The van der Waals surface area contributed by atoms with Crippen molar-refractivity contribution < 1.29 is 0 Å². The van der Waals surface area contributed by atoms with Crippen LogP contribution in [0, 0.1) is 13.8 Å². The van der Waals surface area contributed by atoms with Gasteiger partial charge >= 0.3 is 0 Å². The molecule has 4 heteroatoms. The number of anilines is 2. The molecule has 4 N–H and O–H groups in total. The highest BCUT2D eigenvalue weighted by Gasteiger charge is 2.10. The maximum atomic E-state index is 6.15. The molecular formula is C20H20N4. The summed E-state index contributed by atoms with van der Waals surface area (Å²) in [5.74, 6) is 0. The van der Waals surface area contributed by atoms with E-state index in [1.165, 1.54) is 0 Å². The predicted octanol–water partition coefficient (Wildman–Crippen LogP) is 5.55. The lowest BCUT2D eigenvalue weighted by Crippen LogP contribution is -1.95. The summed E-state index contributed by atoms with van der Waals surface area (Å²) in [5, 5.41) is 8.75. The van der Waals surface area contributed by atoms with Crippen LogP contribution in [0.15, 0.2) is 70.9 Å². The maximum Gasteiger partial charge on any atom is 0.0895 e. The van der Waals surface area contributed by atoms with Crippen LogP contribution >= 0.6 is 0 Å². The Morgan fingerprint density at radius 1 is 0.750 bits per heavy atom. The van der Waals surface area contributed by atoms with Crippen LogP contribution in [0.4, 0.5) is 22.7 Å². The molecular weight excluding hydrogens is 296 g/mol. The molecule has 4 nitrogen and oxygen atoms in total. The van der Waals surface area contributed by atoms with E-state index in [1.54, 1.807) is 6.07 Å². The minimum atomic E-state index is 0.658. The fraction of sp³-hybridized carbons (Fsp3) is 0.100. The number of hydrogen-bond acceptors (Lipinski definition) is 4. The van der Waals surface area contributed by atoms with E-state index in [0.29, 0.717) is 11.4 Å². The Labute approximate surface area is 141 Å². The molecule has 0 aliphatic heterocycles. The number of azo groups is 1. The van der Waals surface area contributed by atoms with Crippen LogP contribution in [0.3, 0.4) is 0 Å². The molecule has 3 aromatic carbocycles. The molecule has 0 heterocycles. The zero-order chi connectivity index (χ0) is 17.1. The van der Waals surface area contributed by atoms with Gasteiger partial charge in [0.05, 0.1) is 11.4 Å². The van der Waals surface area contributed by atoms with Gasteiger partial charge in [-0.05, 0) is 60.9 Å². The summed E-state index contributed by atoms with van der Waals surface area (Å²) < 4.78 is 0. The van der Waals surface area contributed by atoms with E-state index in [9.17, 15) is 0 Å². The van der Waals surface area contributed by atoms with Gasteiger partial charge in [0.25, 0.3) is 0 Å². The normalized spacial score (nSPS) is 11.1. The van der Waals surface area contributed by atoms with Crippen molar-refractivity contribution in [2.24, 2.45) is 10.2 Å². The number of aryl methyl sites for hydroxylation is 1. The van der Waals surface area contributed by atoms with Crippen LogP contribution in [-0.2, 0) is 0 Å². The van der Waals surface area contributed by atoms with Crippen molar-refractivity contribution in [3.63, 3.8) is 0 Å². The molecule has 0 saturated carbocycles. The molecule has 0 saturated heterocycles. The topological polar surface area (TPSA) is 76.8 Å². The third-order valence-corrected chi connectivity index (χ3v) is 3.92. The van der Waals surface area contributed by atoms with Crippen LogP contribution in [0.5, 0.6) is 0 Å². The summed E-state index contributed by atoms with van der Waals surface area (Å²) >= 11 is 0. The van der Waals surface area contributed by atoms with Crippen molar-refractivity contribution in [1.29, 1.82) is 0 Å². The van der Waals surface area contributed by atoms with Gasteiger partial charge in [0, 0.05) is 16.9 Å². The highest BCUT2D eigenvalue weighted by Crippen LogP contribution is 2.36. The highest BCUT2D eigenvalue weighted by atomic mass is 15.1. The quantitative estimate of drug-likeness (QED) is 0.491. The molecule has 0 spiro atoms. The van der Waals surface area contributed by atoms with Crippen LogP contribution < -0.4 is 11.5 Å². The van der Waals surface area contributed by atoms with Crippen LogP contribution in [0.25, 0.3) is 11.1 Å². The third kappa shape index (κ3) is 3.27. The molecule has 0 atom stereocenters. The number of hydrogen-bond donors (Lipinski definition) is 2. The summed E-state index contributed by atoms with van der Waals surface area (Å²) in [6.07, 6.45) is 0. The summed E-state index contributed by atoms with van der Waals surface area (Å²) in [6, 6.07) is 19.4. The SMILES string of the molecule is Cc1cc(N=Nc2ccccc2)c(C)c(-c2ccc(N)cc2N)c1. The van der Waals surface area contributed by atoms with Crippen molar-refractivity contribution in [2.75, 3.05) is 11.5 Å². The zero-order valence-electron chi connectivity index (χ0n) is 13.8. The van der Waals surface area contributed by atoms with Crippen LogP contribution in [0.1, 0.15) is 11.1 Å². The van der Waals surface area contributed by atoms with Crippen molar-refractivity contribution >= 4 is 22.7 Å².